The Morgan fingerprint density at radius 2 is 2.10 bits per heavy atom. The average molecular weight is 292 g/mol. The van der Waals surface area contributed by atoms with Crippen LogP contribution in [-0.2, 0) is 9.53 Å². The number of hydrogen-bond donors (Lipinski definition) is 0. The molecule has 3 aliphatic heterocycles. The minimum absolute atomic E-state index is 0.259. The summed E-state index contributed by atoms with van der Waals surface area (Å²) >= 11 is 0. The molecule has 118 valence electrons. The van der Waals surface area contributed by atoms with Gasteiger partial charge in [0.05, 0.1) is 12.6 Å². The number of hydrogen-bond acceptors (Lipinski definition) is 3. The first-order chi connectivity index (χ1) is 10.1. The number of carbonyl (C=O) groups excluding carboxylic acids is 1. The highest BCUT2D eigenvalue weighted by Crippen LogP contribution is 2.48. The van der Waals surface area contributed by atoms with Gasteiger partial charge in [-0.3, -0.25) is 9.69 Å². The van der Waals surface area contributed by atoms with E-state index in [2.05, 4.69) is 23.6 Å². The molecule has 3 atom stereocenters. The predicted molar refractivity (Wildman–Crippen MR) is 80.7 cm³/mol. The molecular formula is C17H28N2O2. The van der Waals surface area contributed by atoms with Gasteiger partial charge in [0.25, 0.3) is 0 Å². The van der Waals surface area contributed by atoms with Crippen LogP contribution in [0.5, 0.6) is 0 Å². The lowest BCUT2D eigenvalue weighted by molar-refractivity contribution is -0.196. The monoisotopic (exact) mass is 292 g/mol. The maximum Gasteiger partial charge on any atom is 0.225 e. The zero-order valence-corrected chi connectivity index (χ0v) is 13.4. The van der Waals surface area contributed by atoms with Crippen molar-refractivity contribution >= 4 is 5.91 Å². The van der Waals surface area contributed by atoms with Crippen LogP contribution in [0.25, 0.3) is 0 Å². The van der Waals surface area contributed by atoms with E-state index in [0.717, 1.165) is 45.0 Å². The topological polar surface area (TPSA) is 32.8 Å². The molecule has 0 N–H and O–H groups in total. The SMILES string of the molecule is CC(C)[C@H]1CO[C@]23CCN(C4CCC4)C[C@H]2CCC(=O)N13. The standard InChI is InChI=1S/C17H28N2O2/c1-12(2)15-11-21-17-8-9-18(14-4-3-5-14)10-13(17)6-7-16(20)19(15)17/h12-15H,3-11H2,1-2H3/t13-,15-,17-/m1/s1. The van der Waals surface area contributed by atoms with Crippen LogP contribution in [0, 0.1) is 11.8 Å². The fourth-order valence-corrected chi connectivity index (χ4v) is 4.89. The normalized spacial score (nSPS) is 41.1. The molecule has 0 aromatic carbocycles. The van der Waals surface area contributed by atoms with Crippen molar-refractivity contribution in [3.05, 3.63) is 0 Å². The molecule has 0 bridgehead atoms. The first-order valence-corrected chi connectivity index (χ1v) is 8.82. The smallest absolute Gasteiger partial charge is 0.225 e. The Labute approximate surface area is 127 Å². The summed E-state index contributed by atoms with van der Waals surface area (Å²) in [5.41, 5.74) is -0.259. The minimum Gasteiger partial charge on any atom is -0.353 e. The van der Waals surface area contributed by atoms with Crippen LogP contribution in [0.1, 0.15) is 52.4 Å². The molecule has 0 aromatic heterocycles. The molecule has 21 heavy (non-hydrogen) atoms. The van der Waals surface area contributed by atoms with E-state index in [4.69, 9.17) is 4.74 Å². The van der Waals surface area contributed by atoms with Gasteiger partial charge in [0.1, 0.15) is 5.72 Å². The molecule has 1 spiro atoms. The Balaban J connectivity index is 1.58. The third kappa shape index (κ3) is 1.98. The lowest BCUT2D eigenvalue weighted by atomic mass is 9.77. The second-order valence-corrected chi connectivity index (χ2v) is 7.80. The fourth-order valence-electron chi connectivity index (χ4n) is 4.89. The maximum atomic E-state index is 12.6. The lowest BCUT2D eigenvalue weighted by Crippen LogP contribution is -2.66. The second-order valence-electron chi connectivity index (χ2n) is 7.80. The van der Waals surface area contributed by atoms with E-state index < -0.39 is 0 Å². The molecule has 4 nitrogen and oxygen atoms in total. The van der Waals surface area contributed by atoms with Crippen molar-refractivity contribution in [1.29, 1.82) is 0 Å². The number of nitrogens with zero attached hydrogens (tertiary/aromatic N) is 2. The molecule has 0 unspecified atom stereocenters. The highest BCUT2D eigenvalue weighted by molar-refractivity contribution is 5.78. The Hall–Kier alpha value is -0.610. The number of carbonyl (C=O) groups is 1. The van der Waals surface area contributed by atoms with Gasteiger partial charge in [-0.05, 0) is 25.2 Å². The van der Waals surface area contributed by atoms with Gasteiger partial charge in [-0.15, -0.1) is 0 Å². The molecule has 4 fully saturated rings. The van der Waals surface area contributed by atoms with E-state index in [0.29, 0.717) is 17.7 Å². The Morgan fingerprint density at radius 1 is 1.29 bits per heavy atom. The molecule has 3 heterocycles. The molecule has 0 radical (unpaired) electrons. The van der Waals surface area contributed by atoms with Crippen molar-refractivity contribution in [2.45, 2.75) is 70.2 Å². The predicted octanol–water partition coefficient (Wildman–Crippen LogP) is 2.23. The highest BCUT2D eigenvalue weighted by atomic mass is 16.5. The average Bonchev–Trinajstić information content (AvgIpc) is 2.78. The zero-order valence-electron chi connectivity index (χ0n) is 13.4. The van der Waals surface area contributed by atoms with E-state index in [-0.39, 0.29) is 11.8 Å². The van der Waals surface area contributed by atoms with Gasteiger partial charge in [-0.1, -0.05) is 20.3 Å². The number of likely N-dealkylation sites (tertiary alicyclic amines) is 1. The second kappa shape index (κ2) is 4.95. The summed E-state index contributed by atoms with van der Waals surface area (Å²) in [6.45, 7) is 7.42. The van der Waals surface area contributed by atoms with Crippen LogP contribution < -0.4 is 0 Å². The fraction of sp³-hybridized carbons (Fsp3) is 0.941. The number of piperidine rings is 2. The summed E-state index contributed by atoms with van der Waals surface area (Å²) in [5, 5.41) is 0. The maximum absolute atomic E-state index is 12.6. The molecule has 1 amide bonds. The van der Waals surface area contributed by atoms with Crippen molar-refractivity contribution in [3.8, 4) is 0 Å². The van der Waals surface area contributed by atoms with Crippen molar-refractivity contribution in [3.63, 3.8) is 0 Å². The summed E-state index contributed by atoms with van der Waals surface area (Å²) in [5.74, 6) is 1.34. The van der Waals surface area contributed by atoms with E-state index >= 15 is 0 Å². The highest BCUT2D eigenvalue weighted by Gasteiger charge is 2.59. The van der Waals surface area contributed by atoms with Crippen LogP contribution in [-0.4, -0.2) is 53.2 Å². The van der Waals surface area contributed by atoms with E-state index in [1.54, 1.807) is 0 Å². The summed E-state index contributed by atoms with van der Waals surface area (Å²) < 4.78 is 6.35. The zero-order chi connectivity index (χ0) is 14.6. The molecule has 4 rings (SSSR count). The molecule has 0 aromatic rings. The van der Waals surface area contributed by atoms with Gasteiger partial charge in [-0.25, -0.2) is 0 Å². The van der Waals surface area contributed by atoms with Crippen LogP contribution >= 0.6 is 0 Å². The van der Waals surface area contributed by atoms with Gasteiger partial charge in [0.2, 0.25) is 5.91 Å². The van der Waals surface area contributed by atoms with E-state index in [9.17, 15) is 4.79 Å². The number of amides is 1. The molecule has 1 aliphatic carbocycles. The summed E-state index contributed by atoms with van der Waals surface area (Å²) in [4.78, 5) is 17.4. The Bertz CT molecular complexity index is 435. The molecular weight excluding hydrogens is 264 g/mol. The van der Waals surface area contributed by atoms with Crippen LogP contribution in [0.3, 0.4) is 0 Å². The molecule has 1 saturated carbocycles. The largest absolute Gasteiger partial charge is 0.353 e. The van der Waals surface area contributed by atoms with Gasteiger partial charge in [-0.2, -0.15) is 0 Å². The first-order valence-electron chi connectivity index (χ1n) is 8.82. The minimum atomic E-state index is -0.259. The number of rotatable bonds is 2. The summed E-state index contributed by atoms with van der Waals surface area (Å²) in [7, 11) is 0. The Kier molecular flexibility index (Phi) is 3.30. The third-order valence-electron chi connectivity index (χ3n) is 6.43. The van der Waals surface area contributed by atoms with E-state index in [1.165, 1.54) is 19.3 Å². The van der Waals surface area contributed by atoms with Crippen molar-refractivity contribution in [2.24, 2.45) is 11.8 Å². The Morgan fingerprint density at radius 3 is 2.76 bits per heavy atom. The van der Waals surface area contributed by atoms with Gasteiger partial charge in [0.15, 0.2) is 0 Å². The van der Waals surface area contributed by atoms with Crippen LogP contribution in [0.2, 0.25) is 0 Å². The lowest BCUT2D eigenvalue weighted by Gasteiger charge is -2.55. The molecule has 3 saturated heterocycles. The van der Waals surface area contributed by atoms with Gasteiger partial charge in [0, 0.05) is 37.9 Å². The quantitative estimate of drug-likeness (QED) is 0.782. The first kappa shape index (κ1) is 14.0. The van der Waals surface area contributed by atoms with Gasteiger partial charge >= 0.3 is 0 Å². The van der Waals surface area contributed by atoms with Crippen molar-refractivity contribution in [1.82, 2.24) is 9.80 Å². The van der Waals surface area contributed by atoms with Crippen molar-refractivity contribution < 1.29 is 9.53 Å². The third-order valence-corrected chi connectivity index (χ3v) is 6.43. The van der Waals surface area contributed by atoms with Crippen LogP contribution in [0.15, 0.2) is 0 Å². The van der Waals surface area contributed by atoms with Crippen LogP contribution in [0.4, 0.5) is 0 Å². The van der Waals surface area contributed by atoms with E-state index in [1.807, 2.05) is 0 Å². The summed E-state index contributed by atoms with van der Waals surface area (Å²) in [6.07, 6.45) is 6.90. The molecule has 4 aliphatic rings. The van der Waals surface area contributed by atoms with Gasteiger partial charge < -0.3 is 9.64 Å². The molecule has 4 heteroatoms. The van der Waals surface area contributed by atoms with Crippen molar-refractivity contribution in [2.75, 3.05) is 19.7 Å². The number of ether oxygens (including phenoxy) is 1. The summed E-state index contributed by atoms with van der Waals surface area (Å²) in [6, 6.07) is 1.10.